The van der Waals surface area contributed by atoms with Gasteiger partial charge in [-0.05, 0) is 45.6 Å². The van der Waals surface area contributed by atoms with Crippen LogP contribution in [-0.4, -0.2) is 62.5 Å². The Bertz CT molecular complexity index is 591. The fourth-order valence-electron chi connectivity index (χ4n) is 2.22. The molecule has 0 aromatic heterocycles. The number of methoxy groups -OCH3 is 1. The minimum absolute atomic E-state index is 0.00753. The van der Waals surface area contributed by atoms with Crippen LogP contribution in [0.4, 0.5) is 5.69 Å². The summed E-state index contributed by atoms with van der Waals surface area (Å²) in [5.74, 6) is 0.0965. The number of aryl methyl sites for hydroxylation is 1. The van der Waals surface area contributed by atoms with E-state index in [1.807, 2.05) is 25.9 Å². The average molecular weight is 356 g/mol. The average Bonchev–Trinajstić information content (AvgIpc) is 2.49. The van der Waals surface area contributed by atoms with E-state index < -0.39 is 0 Å². The van der Waals surface area contributed by atoms with Crippen LogP contribution in [0.3, 0.4) is 0 Å². The molecule has 7 heteroatoms. The summed E-state index contributed by atoms with van der Waals surface area (Å²) in [4.78, 5) is 27.6. The van der Waals surface area contributed by atoms with Crippen molar-refractivity contribution in [3.8, 4) is 5.75 Å². The Morgan fingerprint density at radius 1 is 1.25 bits per heavy atom. The second kappa shape index (κ2) is 9.49. The van der Waals surface area contributed by atoms with Gasteiger partial charge in [-0.25, -0.2) is 0 Å². The zero-order chi connectivity index (χ0) is 18.3. The van der Waals surface area contributed by atoms with E-state index in [4.69, 9.17) is 16.3 Å². The molecule has 0 saturated carbocycles. The zero-order valence-corrected chi connectivity index (χ0v) is 15.7. The smallest absolute Gasteiger partial charge is 0.244 e. The minimum Gasteiger partial charge on any atom is -0.495 e. The number of ether oxygens (including phenoxy) is 1. The lowest BCUT2D eigenvalue weighted by atomic mass is 10.2. The van der Waals surface area contributed by atoms with Crippen LogP contribution < -0.4 is 10.1 Å². The molecule has 6 nitrogen and oxygen atoms in total. The third-order valence-corrected chi connectivity index (χ3v) is 3.98. The summed E-state index contributed by atoms with van der Waals surface area (Å²) in [6, 6.07) is 3.41. The standard InChI is InChI=1S/C17H26ClN3O3/c1-12-9-15(16(24-5)10-14(12)18)19-17(23)11-21(13(2)22)8-6-7-20(3)4/h9-10H,6-8,11H2,1-5H3,(H,19,23). The summed E-state index contributed by atoms with van der Waals surface area (Å²) < 4.78 is 5.24. The van der Waals surface area contributed by atoms with E-state index in [0.717, 1.165) is 18.5 Å². The molecular formula is C17H26ClN3O3. The number of carbonyl (C=O) groups is 2. The molecule has 0 spiro atoms. The molecule has 0 bridgehead atoms. The molecular weight excluding hydrogens is 330 g/mol. The predicted molar refractivity (Wildman–Crippen MR) is 96.8 cm³/mol. The fraction of sp³-hybridized carbons (Fsp3) is 0.529. The Balaban J connectivity index is 2.72. The highest BCUT2D eigenvalue weighted by molar-refractivity contribution is 6.31. The number of benzene rings is 1. The molecule has 0 aliphatic heterocycles. The number of nitrogens with zero attached hydrogens (tertiary/aromatic N) is 2. The first-order valence-electron chi connectivity index (χ1n) is 7.78. The van der Waals surface area contributed by atoms with Gasteiger partial charge in [0.05, 0.1) is 19.3 Å². The molecule has 0 heterocycles. The van der Waals surface area contributed by atoms with Crippen molar-refractivity contribution in [2.24, 2.45) is 0 Å². The maximum absolute atomic E-state index is 12.3. The molecule has 24 heavy (non-hydrogen) atoms. The van der Waals surface area contributed by atoms with Crippen molar-refractivity contribution in [1.29, 1.82) is 0 Å². The van der Waals surface area contributed by atoms with E-state index in [9.17, 15) is 9.59 Å². The largest absolute Gasteiger partial charge is 0.495 e. The lowest BCUT2D eigenvalue weighted by Gasteiger charge is -2.22. The third-order valence-electron chi connectivity index (χ3n) is 3.57. The molecule has 0 radical (unpaired) electrons. The van der Waals surface area contributed by atoms with E-state index in [0.29, 0.717) is 23.0 Å². The van der Waals surface area contributed by atoms with Gasteiger partial charge in [0.15, 0.2) is 0 Å². The summed E-state index contributed by atoms with van der Waals surface area (Å²) in [6.45, 7) is 4.72. The molecule has 0 atom stereocenters. The molecule has 1 N–H and O–H groups in total. The van der Waals surface area contributed by atoms with Crippen LogP contribution in [0.1, 0.15) is 18.9 Å². The summed E-state index contributed by atoms with van der Waals surface area (Å²) in [6.07, 6.45) is 0.809. The highest BCUT2D eigenvalue weighted by Gasteiger charge is 2.16. The first-order valence-corrected chi connectivity index (χ1v) is 8.16. The van der Waals surface area contributed by atoms with Gasteiger partial charge in [-0.2, -0.15) is 0 Å². The van der Waals surface area contributed by atoms with E-state index in [1.54, 1.807) is 12.1 Å². The highest BCUT2D eigenvalue weighted by atomic mass is 35.5. The Hall–Kier alpha value is -1.79. The van der Waals surface area contributed by atoms with Gasteiger partial charge in [-0.15, -0.1) is 0 Å². The number of carbonyl (C=O) groups excluding carboxylic acids is 2. The number of rotatable bonds is 8. The maximum atomic E-state index is 12.3. The Labute approximate surface area is 148 Å². The number of halogens is 1. The molecule has 0 aliphatic carbocycles. The van der Waals surface area contributed by atoms with E-state index in [1.165, 1.54) is 18.9 Å². The number of nitrogens with one attached hydrogen (secondary N) is 1. The molecule has 134 valence electrons. The third kappa shape index (κ3) is 6.37. The van der Waals surface area contributed by atoms with Crippen molar-refractivity contribution >= 4 is 29.1 Å². The van der Waals surface area contributed by atoms with Crippen molar-refractivity contribution in [3.05, 3.63) is 22.7 Å². The van der Waals surface area contributed by atoms with E-state index in [-0.39, 0.29) is 18.4 Å². The molecule has 0 unspecified atom stereocenters. The van der Waals surface area contributed by atoms with Gasteiger partial charge in [-0.3, -0.25) is 9.59 Å². The van der Waals surface area contributed by atoms with E-state index in [2.05, 4.69) is 5.32 Å². The van der Waals surface area contributed by atoms with Crippen LogP contribution in [0.25, 0.3) is 0 Å². The summed E-state index contributed by atoms with van der Waals surface area (Å²) in [7, 11) is 5.46. The summed E-state index contributed by atoms with van der Waals surface area (Å²) in [5.41, 5.74) is 1.38. The van der Waals surface area contributed by atoms with Crippen molar-refractivity contribution in [1.82, 2.24) is 9.80 Å². The predicted octanol–water partition coefficient (Wildman–Crippen LogP) is 2.40. The fourth-order valence-corrected chi connectivity index (χ4v) is 2.37. The van der Waals surface area contributed by atoms with Crippen LogP contribution in [0.5, 0.6) is 5.75 Å². The van der Waals surface area contributed by atoms with Crippen molar-refractivity contribution in [2.75, 3.05) is 46.2 Å². The quantitative estimate of drug-likeness (QED) is 0.777. The van der Waals surface area contributed by atoms with Gasteiger partial charge in [0.1, 0.15) is 5.75 Å². The first kappa shape index (κ1) is 20.3. The van der Waals surface area contributed by atoms with Gasteiger partial charge < -0.3 is 19.9 Å². The maximum Gasteiger partial charge on any atom is 0.244 e. The Kier molecular flexibility index (Phi) is 8.01. The van der Waals surface area contributed by atoms with Crippen LogP contribution in [0.15, 0.2) is 12.1 Å². The Morgan fingerprint density at radius 2 is 1.92 bits per heavy atom. The van der Waals surface area contributed by atoms with Crippen LogP contribution in [0, 0.1) is 6.92 Å². The topological polar surface area (TPSA) is 61.9 Å². The first-order chi connectivity index (χ1) is 11.2. The molecule has 1 rings (SSSR count). The molecule has 1 aromatic rings. The van der Waals surface area contributed by atoms with Crippen LogP contribution >= 0.6 is 11.6 Å². The van der Waals surface area contributed by atoms with Gasteiger partial charge in [0.25, 0.3) is 0 Å². The SMILES string of the molecule is COc1cc(Cl)c(C)cc1NC(=O)CN(CCCN(C)C)C(C)=O. The minimum atomic E-state index is -0.268. The number of amides is 2. The van der Waals surface area contributed by atoms with Crippen molar-refractivity contribution in [2.45, 2.75) is 20.3 Å². The molecule has 1 aromatic carbocycles. The lowest BCUT2D eigenvalue weighted by molar-refractivity contribution is -0.132. The lowest BCUT2D eigenvalue weighted by Crippen LogP contribution is -2.38. The Morgan fingerprint density at radius 3 is 2.46 bits per heavy atom. The highest BCUT2D eigenvalue weighted by Crippen LogP contribution is 2.30. The van der Waals surface area contributed by atoms with Crippen LogP contribution in [-0.2, 0) is 9.59 Å². The zero-order valence-electron chi connectivity index (χ0n) is 15.0. The van der Waals surface area contributed by atoms with Crippen molar-refractivity contribution in [3.63, 3.8) is 0 Å². The molecule has 0 fully saturated rings. The van der Waals surface area contributed by atoms with Gasteiger partial charge in [0.2, 0.25) is 11.8 Å². The molecule has 0 aliphatic rings. The molecule has 0 saturated heterocycles. The monoisotopic (exact) mass is 355 g/mol. The van der Waals surface area contributed by atoms with Gasteiger partial charge >= 0.3 is 0 Å². The number of hydrogen-bond acceptors (Lipinski definition) is 4. The second-order valence-corrected chi connectivity index (χ2v) is 6.35. The summed E-state index contributed by atoms with van der Waals surface area (Å²) in [5, 5.41) is 3.36. The number of hydrogen-bond donors (Lipinski definition) is 1. The van der Waals surface area contributed by atoms with E-state index >= 15 is 0 Å². The van der Waals surface area contributed by atoms with Crippen molar-refractivity contribution < 1.29 is 14.3 Å². The van der Waals surface area contributed by atoms with Crippen LogP contribution in [0.2, 0.25) is 5.02 Å². The van der Waals surface area contributed by atoms with Gasteiger partial charge in [-0.1, -0.05) is 11.6 Å². The number of anilines is 1. The second-order valence-electron chi connectivity index (χ2n) is 5.95. The van der Waals surface area contributed by atoms with Gasteiger partial charge in [0, 0.05) is 24.6 Å². The molecule has 2 amide bonds. The normalized spacial score (nSPS) is 10.6. The summed E-state index contributed by atoms with van der Waals surface area (Å²) >= 11 is 6.06.